The van der Waals surface area contributed by atoms with Gasteiger partial charge in [0.05, 0.1) is 11.9 Å². The van der Waals surface area contributed by atoms with Gasteiger partial charge in [-0.3, -0.25) is 14.6 Å². The third-order valence-electron chi connectivity index (χ3n) is 5.38. The molecule has 2 aromatic heterocycles. The monoisotopic (exact) mass is 456 g/mol. The maximum Gasteiger partial charge on any atom is 0.252 e. The van der Waals surface area contributed by atoms with E-state index in [-0.39, 0.29) is 23.3 Å². The van der Waals surface area contributed by atoms with Crippen molar-refractivity contribution < 1.29 is 13.2 Å². The van der Waals surface area contributed by atoms with Crippen molar-refractivity contribution in [3.63, 3.8) is 0 Å². The van der Waals surface area contributed by atoms with Crippen LogP contribution >= 0.6 is 0 Å². The molecule has 3 aromatic rings. The molecule has 0 spiro atoms. The molecule has 0 bridgehead atoms. The molecule has 0 atom stereocenters. The summed E-state index contributed by atoms with van der Waals surface area (Å²) in [6.45, 7) is 2.31. The molecule has 2 N–H and O–H groups in total. The number of piperidine rings is 1. The Bertz CT molecular complexity index is 1290. The lowest BCUT2D eigenvalue weighted by atomic mass is 9.97. The molecule has 168 valence electrons. The molecule has 0 radical (unpaired) electrons. The highest BCUT2D eigenvalue weighted by molar-refractivity contribution is 7.88. The Morgan fingerprint density at radius 1 is 1.16 bits per heavy atom. The van der Waals surface area contributed by atoms with Crippen LogP contribution in [0.1, 0.15) is 18.5 Å². The summed E-state index contributed by atoms with van der Waals surface area (Å²) in [5.41, 5.74) is 1.65. The molecule has 1 amide bonds. The zero-order chi connectivity index (χ0) is 22.9. The molecule has 1 fully saturated rings. The number of rotatable bonds is 5. The largest absolute Gasteiger partial charge is 0.310 e. The maximum atomic E-state index is 13.0. The van der Waals surface area contributed by atoms with E-state index in [0.717, 1.165) is 5.56 Å². The van der Waals surface area contributed by atoms with Gasteiger partial charge in [0.25, 0.3) is 5.56 Å². The van der Waals surface area contributed by atoms with E-state index in [1.165, 1.54) is 21.3 Å². The normalized spacial score (nSPS) is 15.6. The number of aromatic amines is 1. The topological polar surface area (TPSA) is 130 Å². The molecule has 1 aromatic carbocycles. The van der Waals surface area contributed by atoms with E-state index < -0.39 is 10.0 Å². The van der Waals surface area contributed by atoms with Crippen LogP contribution in [0.15, 0.2) is 47.3 Å². The van der Waals surface area contributed by atoms with Gasteiger partial charge in [0.1, 0.15) is 5.82 Å². The van der Waals surface area contributed by atoms with Crippen LogP contribution < -0.4 is 10.9 Å². The van der Waals surface area contributed by atoms with Gasteiger partial charge in [-0.1, -0.05) is 30.3 Å². The second kappa shape index (κ2) is 8.67. The fourth-order valence-electron chi connectivity index (χ4n) is 3.72. The van der Waals surface area contributed by atoms with Crippen LogP contribution in [0.3, 0.4) is 0 Å². The van der Waals surface area contributed by atoms with Crippen LogP contribution in [-0.4, -0.2) is 57.7 Å². The Morgan fingerprint density at radius 3 is 2.47 bits per heavy atom. The molecular formula is C21H24N6O4S. The van der Waals surface area contributed by atoms with Crippen molar-refractivity contribution in [2.24, 2.45) is 5.92 Å². The van der Waals surface area contributed by atoms with Crippen molar-refractivity contribution in [2.45, 2.75) is 19.8 Å². The number of anilines is 1. The fraction of sp³-hybridized carbons (Fsp3) is 0.333. The number of amides is 1. The average molecular weight is 457 g/mol. The van der Waals surface area contributed by atoms with Gasteiger partial charge in [0.15, 0.2) is 0 Å². The maximum absolute atomic E-state index is 13.0. The van der Waals surface area contributed by atoms with Crippen molar-refractivity contribution >= 4 is 21.7 Å². The highest BCUT2D eigenvalue weighted by Gasteiger charge is 2.29. The Hall–Kier alpha value is -3.31. The number of benzene rings is 1. The lowest BCUT2D eigenvalue weighted by molar-refractivity contribution is -0.120. The van der Waals surface area contributed by atoms with Crippen LogP contribution in [-0.2, 0) is 14.8 Å². The second-order valence-electron chi connectivity index (χ2n) is 7.83. The molecular weight excluding hydrogens is 432 g/mol. The van der Waals surface area contributed by atoms with Gasteiger partial charge in [-0.2, -0.15) is 9.78 Å². The Balaban J connectivity index is 1.63. The number of carbonyl (C=O) groups is 1. The van der Waals surface area contributed by atoms with Crippen molar-refractivity contribution in [3.05, 3.63) is 58.5 Å². The third-order valence-corrected chi connectivity index (χ3v) is 6.68. The van der Waals surface area contributed by atoms with E-state index >= 15 is 0 Å². The molecule has 4 rings (SSSR count). The summed E-state index contributed by atoms with van der Waals surface area (Å²) in [6, 6.07) is 12.5. The van der Waals surface area contributed by atoms with Gasteiger partial charge < -0.3 is 5.32 Å². The van der Waals surface area contributed by atoms with Crippen molar-refractivity contribution in [1.82, 2.24) is 24.1 Å². The minimum absolute atomic E-state index is 0.194. The summed E-state index contributed by atoms with van der Waals surface area (Å²) < 4.78 is 26.2. The van der Waals surface area contributed by atoms with Crippen molar-refractivity contribution in [2.75, 3.05) is 24.7 Å². The summed E-state index contributed by atoms with van der Waals surface area (Å²) >= 11 is 0. The average Bonchev–Trinajstić information content (AvgIpc) is 3.17. The van der Waals surface area contributed by atoms with E-state index in [0.29, 0.717) is 43.1 Å². The van der Waals surface area contributed by atoms with Gasteiger partial charge in [0, 0.05) is 42.4 Å². The number of carbonyl (C=O) groups excluding carboxylic acids is 1. The zero-order valence-electron chi connectivity index (χ0n) is 17.8. The second-order valence-corrected chi connectivity index (χ2v) is 9.81. The highest BCUT2D eigenvalue weighted by Crippen LogP contribution is 2.26. The molecule has 1 aliphatic rings. The van der Waals surface area contributed by atoms with E-state index in [4.69, 9.17) is 0 Å². The van der Waals surface area contributed by atoms with Crippen molar-refractivity contribution in [3.8, 4) is 17.2 Å². The Morgan fingerprint density at radius 2 is 1.84 bits per heavy atom. The van der Waals surface area contributed by atoms with Crippen LogP contribution in [0.2, 0.25) is 0 Å². The molecule has 11 heteroatoms. The quantitative estimate of drug-likeness (QED) is 0.599. The zero-order valence-corrected chi connectivity index (χ0v) is 18.6. The molecule has 0 saturated carbocycles. The number of aromatic nitrogens is 4. The third kappa shape index (κ3) is 4.78. The predicted octanol–water partition coefficient (Wildman–Crippen LogP) is 1.54. The van der Waals surface area contributed by atoms with Gasteiger partial charge in [0.2, 0.25) is 21.9 Å². The van der Waals surface area contributed by atoms with E-state index in [1.54, 1.807) is 13.0 Å². The van der Waals surface area contributed by atoms with Crippen LogP contribution in [0, 0.1) is 12.8 Å². The number of aryl methyl sites for hydroxylation is 1. The summed E-state index contributed by atoms with van der Waals surface area (Å²) in [5, 5.41) is 7.45. The first-order valence-electron chi connectivity index (χ1n) is 10.2. The lowest BCUT2D eigenvalue weighted by Gasteiger charge is -2.29. The number of sulfonamides is 1. The standard InChI is InChI=1S/C21H24N6O4S/c1-14-12-19(28)24-21(22-14)27-18(13-17(25-27)15-6-4-3-5-7-15)23-20(29)16-8-10-26(11-9-16)32(2,30)31/h3-7,12-13,16H,8-11H2,1-2H3,(H,23,29)(H,22,24,28). The smallest absolute Gasteiger partial charge is 0.252 e. The predicted molar refractivity (Wildman–Crippen MR) is 120 cm³/mol. The number of nitrogens with zero attached hydrogens (tertiary/aromatic N) is 4. The van der Waals surface area contributed by atoms with Crippen LogP contribution in [0.4, 0.5) is 5.82 Å². The van der Waals surface area contributed by atoms with Crippen LogP contribution in [0.25, 0.3) is 17.2 Å². The first-order valence-corrected chi connectivity index (χ1v) is 12.1. The summed E-state index contributed by atoms with van der Waals surface area (Å²) in [4.78, 5) is 32.0. The van der Waals surface area contributed by atoms with E-state index in [2.05, 4.69) is 20.4 Å². The summed E-state index contributed by atoms with van der Waals surface area (Å²) in [6.07, 6.45) is 2.03. The van der Waals surface area contributed by atoms with Gasteiger partial charge >= 0.3 is 0 Å². The molecule has 0 aliphatic carbocycles. The van der Waals surface area contributed by atoms with Gasteiger partial charge in [-0.25, -0.2) is 17.7 Å². The lowest BCUT2D eigenvalue weighted by Crippen LogP contribution is -2.41. The molecule has 3 heterocycles. The first kappa shape index (κ1) is 21.9. The molecule has 1 saturated heterocycles. The fourth-order valence-corrected chi connectivity index (χ4v) is 4.60. The Labute approximate surface area is 185 Å². The number of H-pyrrole nitrogens is 1. The van der Waals surface area contributed by atoms with E-state index in [9.17, 15) is 18.0 Å². The molecule has 0 unspecified atom stereocenters. The summed E-state index contributed by atoms with van der Waals surface area (Å²) in [5.74, 6) is 0.00229. The summed E-state index contributed by atoms with van der Waals surface area (Å²) in [7, 11) is -3.27. The molecule has 32 heavy (non-hydrogen) atoms. The molecule has 1 aliphatic heterocycles. The minimum atomic E-state index is -3.27. The number of hydrogen-bond acceptors (Lipinski definition) is 6. The minimum Gasteiger partial charge on any atom is -0.310 e. The number of hydrogen-bond donors (Lipinski definition) is 2. The van der Waals surface area contributed by atoms with E-state index in [1.807, 2.05) is 30.3 Å². The SMILES string of the molecule is Cc1cc(=O)[nH]c(-n2nc(-c3ccccc3)cc2NC(=O)C2CCN(S(C)(=O)=O)CC2)n1. The number of nitrogens with one attached hydrogen (secondary N) is 2. The van der Waals surface area contributed by atoms with Crippen LogP contribution in [0.5, 0.6) is 0 Å². The van der Waals surface area contributed by atoms with Gasteiger partial charge in [-0.15, -0.1) is 0 Å². The highest BCUT2D eigenvalue weighted by atomic mass is 32.2. The first-order chi connectivity index (χ1) is 15.2. The van der Waals surface area contributed by atoms with Crippen molar-refractivity contribution in [1.29, 1.82) is 0 Å². The molecule has 10 nitrogen and oxygen atoms in total. The Kier molecular flexibility index (Phi) is 5.94. The van der Waals surface area contributed by atoms with Gasteiger partial charge in [-0.05, 0) is 19.8 Å².